The molecule has 0 unspecified atom stereocenters. The molecule has 130 valence electrons. The van der Waals surface area contributed by atoms with Gasteiger partial charge in [-0.15, -0.1) is 0 Å². The maximum atomic E-state index is 12.4. The van der Waals surface area contributed by atoms with Gasteiger partial charge in [-0.1, -0.05) is 29.4 Å². The van der Waals surface area contributed by atoms with Gasteiger partial charge in [0.05, 0.1) is 6.42 Å². The van der Waals surface area contributed by atoms with Crippen LogP contribution in [0.4, 0.5) is 22.0 Å². The van der Waals surface area contributed by atoms with Crippen molar-refractivity contribution in [2.75, 3.05) is 6.61 Å². The number of hydrogen-bond acceptors (Lipinski definition) is 5. The fourth-order valence-corrected chi connectivity index (χ4v) is 1.63. The molecule has 24 heavy (non-hydrogen) atoms. The van der Waals surface area contributed by atoms with Crippen molar-refractivity contribution in [1.82, 2.24) is 15.6 Å². The van der Waals surface area contributed by atoms with Crippen LogP contribution in [0, 0.1) is 0 Å². The van der Waals surface area contributed by atoms with Gasteiger partial charge in [-0.25, -0.2) is 14.3 Å². The van der Waals surface area contributed by atoms with E-state index in [2.05, 4.69) is 19.5 Å². The van der Waals surface area contributed by atoms with E-state index in [-0.39, 0.29) is 17.8 Å². The Balaban J connectivity index is 1.95. The highest BCUT2D eigenvalue weighted by Gasteiger charge is 2.38. The largest absolute Gasteiger partial charge is 0.471 e. The fraction of sp³-hybridized carbons (Fsp3) is 0.308. The van der Waals surface area contributed by atoms with E-state index in [1.807, 2.05) is 5.48 Å². The number of nitrogens with zero attached hydrogens (tertiary/aromatic N) is 2. The molecule has 6 nitrogen and oxygen atoms in total. The molecule has 0 aliphatic carbocycles. The van der Waals surface area contributed by atoms with E-state index >= 15 is 0 Å². The lowest BCUT2D eigenvalue weighted by atomic mass is 10.1. The molecule has 0 aliphatic heterocycles. The highest BCUT2D eigenvalue weighted by atomic mass is 19.4. The molecule has 0 spiro atoms. The Hall–Kier alpha value is -2.56. The predicted octanol–water partition coefficient (Wildman–Crippen LogP) is 2.61. The first-order valence-electron chi connectivity index (χ1n) is 6.44. The first kappa shape index (κ1) is 17.8. The summed E-state index contributed by atoms with van der Waals surface area (Å²) in [6.45, 7) is -0.927. The van der Waals surface area contributed by atoms with Crippen molar-refractivity contribution in [3.8, 4) is 11.4 Å². The Kier molecular flexibility index (Phi) is 5.44. The maximum Gasteiger partial charge on any atom is 0.471 e. The molecule has 1 amide bonds. The molecule has 0 radical (unpaired) electrons. The summed E-state index contributed by atoms with van der Waals surface area (Å²) < 4.78 is 64.9. The van der Waals surface area contributed by atoms with E-state index in [0.717, 1.165) is 0 Å². The predicted molar refractivity (Wildman–Crippen MR) is 68.5 cm³/mol. The minimum atomic E-state index is -4.73. The van der Waals surface area contributed by atoms with E-state index in [0.29, 0.717) is 5.56 Å². The highest BCUT2D eigenvalue weighted by Crippen LogP contribution is 2.29. The second-order valence-corrected chi connectivity index (χ2v) is 4.52. The van der Waals surface area contributed by atoms with Crippen LogP contribution in [-0.2, 0) is 22.2 Å². The van der Waals surface area contributed by atoms with Crippen molar-refractivity contribution < 1.29 is 36.1 Å². The fourth-order valence-electron chi connectivity index (χ4n) is 1.63. The lowest BCUT2D eigenvalue weighted by Crippen LogP contribution is -2.27. The monoisotopic (exact) mass is 351 g/mol. The number of amides is 1. The molecule has 1 aromatic heterocycles. The van der Waals surface area contributed by atoms with E-state index in [9.17, 15) is 26.7 Å². The molecule has 1 N–H and O–H groups in total. The van der Waals surface area contributed by atoms with Crippen LogP contribution in [0.5, 0.6) is 0 Å². The summed E-state index contributed by atoms with van der Waals surface area (Å²) in [7, 11) is 0. The second kappa shape index (κ2) is 7.34. The molecular weight excluding hydrogens is 341 g/mol. The number of nitrogens with one attached hydrogen (secondary N) is 1. The normalized spacial score (nSPS) is 11.8. The van der Waals surface area contributed by atoms with E-state index in [1.54, 1.807) is 0 Å². The number of hydroxylamine groups is 1. The molecule has 0 fully saturated rings. The molecule has 2 rings (SSSR count). The van der Waals surface area contributed by atoms with Gasteiger partial charge in [0, 0.05) is 5.56 Å². The first-order valence-corrected chi connectivity index (χ1v) is 6.44. The Morgan fingerprint density at radius 3 is 2.46 bits per heavy atom. The van der Waals surface area contributed by atoms with Gasteiger partial charge in [-0.2, -0.15) is 18.2 Å². The number of carbonyl (C=O) groups excluding carboxylic acids is 1. The van der Waals surface area contributed by atoms with Crippen LogP contribution in [0.3, 0.4) is 0 Å². The van der Waals surface area contributed by atoms with Crippen molar-refractivity contribution in [1.29, 1.82) is 0 Å². The molecule has 0 aliphatic rings. The third kappa shape index (κ3) is 4.98. The van der Waals surface area contributed by atoms with Crippen LogP contribution in [0.15, 0.2) is 28.8 Å². The summed E-state index contributed by atoms with van der Waals surface area (Å²) in [4.78, 5) is 18.9. The number of alkyl halides is 5. The third-order valence-corrected chi connectivity index (χ3v) is 2.64. The smallest absolute Gasteiger partial charge is 0.329 e. The summed E-state index contributed by atoms with van der Waals surface area (Å²) >= 11 is 0. The standard InChI is InChI=1S/C13H10F5N3O3/c14-9(15)6-23-20-10(22)5-7-1-3-8(4-2-7)11-19-12(24-21-11)13(16,17)18/h1-4,9H,5-6H2,(H,20,22). The Morgan fingerprint density at radius 2 is 1.92 bits per heavy atom. The van der Waals surface area contributed by atoms with Gasteiger partial charge in [0.25, 0.3) is 6.43 Å². The summed E-state index contributed by atoms with van der Waals surface area (Å²) in [5.41, 5.74) is 2.58. The summed E-state index contributed by atoms with van der Waals surface area (Å²) in [6, 6.07) is 5.69. The number of aromatic nitrogens is 2. The summed E-state index contributed by atoms with van der Waals surface area (Å²) in [6.07, 6.45) is -7.61. The van der Waals surface area contributed by atoms with Crippen molar-refractivity contribution in [2.24, 2.45) is 0 Å². The molecule has 2 aromatic rings. The highest BCUT2D eigenvalue weighted by molar-refractivity contribution is 5.77. The first-order chi connectivity index (χ1) is 11.3. The number of carbonyl (C=O) groups is 1. The zero-order chi connectivity index (χ0) is 17.7. The molecule has 1 aromatic carbocycles. The van der Waals surface area contributed by atoms with Crippen LogP contribution in [-0.4, -0.2) is 29.1 Å². The van der Waals surface area contributed by atoms with Gasteiger partial charge >= 0.3 is 12.1 Å². The van der Waals surface area contributed by atoms with Crippen LogP contribution in [0.1, 0.15) is 11.5 Å². The van der Waals surface area contributed by atoms with Crippen LogP contribution >= 0.6 is 0 Å². The lowest BCUT2D eigenvalue weighted by Gasteiger charge is -2.05. The molecule has 0 bridgehead atoms. The number of benzene rings is 1. The van der Waals surface area contributed by atoms with Crippen LogP contribution in [0.2, 0.25) is 0 Å². The Bertz CT molecular complexity index is 685. The van der Waals surface area contributed by atoms with E-state index in [1.165, 1.54) is 24.3 Å². The molecular formula is C13H10F5N3O3. The van der Waals surface area contributed by atoms with Crippen molar-refractivity contribution in [3.05, 3.63) is 35.7 Å². The summed E-state index contributed by atoms with van der Waals surface area (Å²) in [5.74, 6) is -2.36. The van der Waals surface area contributed by atoms with Crippen LogP contribution in [0.25, 0.3) is 11.4 Å². The number of halogens is 5. The van der Waals surface area contributed by atoms with Gasteiger partial charge in [-0.05, 0) is 5.56 Å². The van der Waals surface area contributed by atoms with Crippen molar-refractivity contribution >= 4 is 5.91 Å². The van der Waals surface area contributed by atoms with Gasteiger partial charge < -0.3 is 4.52 Å². The third-order valence-electron chi connectivity index (χ3n) is 2.64. The Morgan fingerprint density at radius 1 is 1.25 bits per heavy atom. The quantitative estimate of drug-likeness (QED) is 0.639. The minimum absolute atomic E-state index is 0.163. The molecule has 11 heteroatoms. The minimum Gasteiger partial charge on any atom is -0.329 e. The zero-order valence-electron chi connectivity index (χ0n) is 11.8. The zero-order valence-corrected chi connectivity index (χ0v) is 11.8. The van der Waals surface area contributed by atoms with E-state index < -0.39 is 31.0 Å². The van der Waals surface area contributed by atoms with Crippen molar-refractivity contribution in [2.45, 2.75) is 19.0 Å². The average molecular weight is 351 g/mol. The van der Waals surface area contributed by atoms with Gasteiger partial charge in [0.1, 0.15) is 6.61 Å². The Labute approximate surface area is 131 Å². The van der Waals surface area contributed by atoms with Gasteiger partial charge in [-0.3, -0.25) is 9.63 Å². The number of hydrogen-bond donors (Lipinski definition) is 1. The maximum absolute atomic E-state index is 12.4. The number of rotatable bonds is 6. The van der Waals surface area contributed by atoms with Gasteiger partial charge in [0.2, 0.25) is 11.7 Å². The summed E-state index contributed by atoms with van der Waals surface area (Å²) in [5, 5.41) is 3.22. The van der Waals surface area contributed by atoms with Gasteiger partial charge in [0.15, 0.2) is 0 Å². The second-order valence-electron chi connectivity index (χ2n) is 4.52. The topological polar surface area (TPSA) is 77.2 Å². The molecule has 0 saturated heterocycles. The average Bonchev–Trinajstić information content (AvgIpc) is 2.97. The lowest BCUT2D eigenvalue weighted by molar-refractivity contribution is -0.159. The van der Waals surface area contributed by atoms with E-state index in [4.69, 9.17) is 0 Å². The van der Waals surface area contributed by atoms with Crippen LogP contribution < -0.4 is 5.48 Å². The molecule has 1 heterocycles. The molecule has 0 saturated carbocycles. The van der Waals surface area contributed by atoms with Crippen molar-refractivity contribution in [3.63, 3.8) is 0 Å². The molecule has 0 atom stereocenters. The SMILES string of the molecule is O=C(Cc1ccc(-c2noc(C(F)(F)F)n2)cc1)NOCC(F)F.